The average Bonchev–Trinajstić information content (AvgIpc) is 1.74. The zero-order valence-corrected chi connectivity index (χ0v) is 66.0. The van der Waals surface area contributed by atoms with E-state index in [0.717, 1.165) is 35.0 Å². The maximum absolute atomic E-state index is 2.49. The molecular weight excluding hydrogens is 1170 g/mol. The highest BCUT2D eigenvalue weighted by atomic mass is 15.0. The Labute approximate surface area is 593 Å². The molecule has 2 heterocycles. The van der Waals surface area contributed by atoms with Gasteiger partial charge in [-0.25, -0.2) is 0 Å². The van der Waals surface area contributed by atoms with Gasteiger partial charge in [-0.05, 0) is 219 Å². The number of hydrogen-bond donors (Lipinski definition) is 0. The van der Waals surface area contributed by atoms with Crippen LogP contribution in [0.5, 0.6) is 0 Å². The maximum atomic E-state index is 2.49. The molecule has 0 unspecified atom stereocenters. The molecule has 7 aromatic carbocycles. The van der Waals surface area contributed by atoms with Gasteiger partial charge in [0.1, 0.15) is 0 Å². The van der Waals surface area contributed by atoms with Crippen LogP contribution < -0.4 is 0 Å². The summed E-state index contributed by atoms with van der Waals surface area (Å²) in [5.74, 6) is 5.35. The zero-order chi connectivity index (χ0) is 70.9. The topological polar surface area (TPSA) is 9.86 Å². The summed E-state index contributed by atoms with van der Waals surface area (Å²) in [5.41, 5.74) is 18.0. The van der Waals surface area contributed by atoms with Gasteiger partial charge in [0.25, 0.3) is 0 Å². The summed E-state index contributed by atoms with van der Waals surface area (Å²) in [7, 11) is 0. The summed E-state index contributed by atoms with van der Waals surface area (Å²) in [6.45, 7) is 56.0. The summed E-state index contributed by atoms with van der Waals surface area (Å²) in [6, 6.07) is 59.4. The van der Waals surface area contributed by atoms with Crippen molar-refractivity contribution in [2.45, 2.75) is 290 Å². The fourth-order valence-corrected chi connectivity index (χ4v) is 17.5. The van der Waals surface area contributed by atoms with Crippen LogP contribution in [0.2, 0.25) is 0 Å². The predicted molar refractivity (Wildman–Crippen MR) is 429 cm³/mol. The first-order valence-corrected chi connectivity index (χ1v) is 38.5. The second kappa shape index (κ2) is 29.4. The number of aromatic nitrogens is 2. The van der Waals surface area contributed by atoms with E-state index in [-0.39, 0.29) is 27.1 Å². The fraction of sp³-hybridized carbons (Fsp3) is 0.558. The molecule has 9 aromatic rings. The van der Waals surface area contributed by atoms with Gasteiger partial charge in [-0.15, -0.1) is 0 Å². The van der Waals surface area contributed by atoms with Crippen molar-refractivity contribution >= 4 is 43.6 Å². The molecule has 2 heteroatoms. The SMILES string of the molecule is CC(C)(C)C12CC3CC(CC(C3)C1)C2.CC(C)(C)C1CCCC1.CC(C)(C)C1CCCCC1.CC(C)(C)c1cc(C(C)(C)C)cc(C(C)(C)C)c1.CC(C)(C)c1ccc2c(c1)c1ccccc1n2-c1ccccc1.CC(C)(C)c1cccc2c3ccccc3n(-c3ccccc3)c12. The second-order valence-electron chi connectivity index (χ2n) is 39.4. The van der Waals surface area contributed by atoms with E-state index in [1.54, 1.807) is 38.5 Å². The van der Waals surface area contributed by atoms with E-state index in [0.29, 0.717) is 16.2 Å². The maximum Gasteiger partial charge on any atom is 0.0578 e. The Morgan fingerprint density at radius 2 is 0.649 bits per heavy atom. The molecule has 524 valence electrons. The number of fused-ring (bicyclic) bond motifs is 6. The van der Waals surface area contributed by atoms with Crippen molar-refractivity contribution in [2.24, 2.45) is 51.2 Å². The summed E-state index contributed by atoms with van der Waals surface area (Å²) >= 11 is 0. The Morgan fingerprint density at radius 1 is 0.299 bits per heavy atom. The summed E-state index contributed by atoms with van der Waals surface area (Å²) < 4.78 is 4.77. The molecular formula is C95H134N2. The van der Waals surface area contributed by atoms with Gasteiger partial charge in [-0.2, -0.15) is 0 Å². The smallest absolute Gasteiger partial charge is 0.0578 e. The Hall–Kier alpha value is -5.86. The Morgan fingerprint density at radius 3 is 1.03 bits per heavy atom. The molecule has 6 saturated carbocycles. The lowest BCUT2D eigenvalue weighted by atomic mass is 9.43. The van der Waals surface area contributed by atoms with Crippen LogP contribution in [0.3, 0.4) is 0 Å². The lowest BCUT2D eigenvalue weighted by Gasteiger charge is -2.62. The van der Waals surface area contributed by atoms with E-state index in [4.69, 9.17) is 0 Å². The van der Waals surface area contributed by atoms with Crippen molar-refractivity contribution in [1.82, 2.24) is 9.13 Å². The van der Waals surface area contributed by atoms with Gasteiger partial charge >= 0.3 is 0 Å². The number of nitrogens with zero attached hydrogens (tertiary/aromatic N) is 2. The molecule has 15 rings (SSSR count). The van der Waals surface area contributed by atoms with Crippen molar-refractivity contribution in [1.29, 1.82) is 0 Å². The minimum atomic E-state index is 0.0976. The normalized spacial score (nSPS) is 20.2. The highest BCUT2D eigenvalue weighted by Crippen LogP contribution is 2.66. The predicted octanol–water partition coefficient (Wildman–Crippen LogP) is 28.8. The van der Waals surface area contributed by atoms with Crippen LogP contribution in [0.1, 0.15) is 290 Å². The standard InChI is InChI=1S/2C22H21N.C18H30.C14H24.C10H20.C9H18/c1-22(2,3)19-14-9-13-18-17-12-7-8-15-20(17)23(21(18)19)16-10-5-4-6-11-16;1-22(2,3)16-13-14-21-19(15-16)18-11-7-8-12-20(18)23(21)17-9-5-4-6-10-17;1-16(2,3)13-10-14(17(4,5)6)12-15(11-13)18(7,8)9;1-13(2,3)14-7-10-4-11(8-14)6-12(5-10)9-14;1-10(2,3)9-7-5-4-6-8-9;1-9(2,3)8-6-4-5-7-8/h2*4-15H,1-3H3;10-12H,1-9H3;10-12H,4-9H2,1-3H3;9H,4-8H2,1-3H3;8H,4-7H2,1-3H3. The fourth-order valence-electron chi connectivity index (χ4n) is 17.5. The molecule has 6 fully saturated rings. The lowest BCUT2D eigenvalue weighted by Crippen LogP contribution is -2.51. The van der Waals surface area contributed by atoms with E-state index in [1.807, 2.05) is 0 Å². The monoisotopic (exact) mass is 1300 g/mol. The van der Waals surface area contributed by atoms with E-state index in [2.05, 4.69) is 339 Å². The third kappa shape index (κ3) is 18.2. The van der Waals surface area contributed by atoms with Crippen LogP contribution in [0.25, 0.3) is 55.0 Å². The van der Waals surface area contributed by atoms with Crippen molar-refractivity contribution in [3.05, 3.63) is 192 Å². The van der Waals surface area contributed by atoms with E-state index in [1.165, 1.54) is 141 Å². The molecule has 4 bridgehead atoms. The Bertz CT molecular complexity index is 3870. The summed E-state index contributed by atoms with van der Waals surface area (Å²) in [4.78, 5) is 0. The van der Waals surface area contributed by atoms with Crippen molar-refractivity contribution in [2.75, 3.05) is 0 Å². The first-order chi connectivity index (χ1) is 45.1. The van der Waals surface area contributed by atoms with Crippen LogP contribution in [0, 0.1) is 51.2 Å². The van der Waals surface area contributed by atoms with Gasteiger partial charge in [-0.3, -0.25) is 0 Å². The molecule has 2 nitrogen and oxygen atoms in total. The van der Waals surface area contributed by atoms with E-state index in [9.17, 15) is 0 Å². The van der Waals surface area contributed by atoms with Gasteiger partial charge in [0.05, 0.1) is 22.1 Å². The number of rotatable bonds is 2. The van der Waals surface area contributed by atoms with Gasteiger partial charge in [0, 0.05) is 32.9 Å². The summed E-state index contributed by atoms with van der Waals surface area (Å²) in [6.07, 6.45) is 22.7. The van der Waals surface area contributed by atoms with Crippen LogP contribution in [-0.2, 0) is 27.1 Å². The Kier molecular flexibility index (Phi) is 22.8. The first kappa shape index (κ1) is 75.3. The molecule has 2 aromatic heterocycles. The molecule has 0 saturated heterocycles. The molecule has 97 heavy (non-hydrogen) atoms. The molecule has 0 N–H and O–H groups in total. The van der Waals surface area contributed by atoms with Crippen molar-refractivity contribution in [3.63, 3.8) is 0 Å². The van der Waals surface area contributed by atoms with Crippen molar-refractivity contribution in [3.8, 4) is 11.4 Å². The zero-order valence-electron chi connectivity index (χ0n) is 66.0. The van der Waals surface area contributed by atoms with Gasteiger partial charge in [0.15, 0.2) is 0 Å². The molecule has 6 aliphatic carbocycles. The van der Waals surface area contributed by atoms with Crippen LogP contribution in [-0.4, -0.2) is 9.13 Å². The number of hydrogen-bond acceptors (Lipinski definition) is 0. The van der Waals surface area contributed by atoms with Gasteiger partial charge < -0.3 is 9.13 Å². The molecule has 0 atom stereocenters. The number of para-hydroxylation sites is 5. The number of benzene rings is 7. The third-order valence-electron chi connectivity index (χ3n) is 23.6. The molecule has 0 amide bonds. The minimum absolute atomic E-state index is 0.0976. The van der Waals surface area contributed by atoms with Crippen LogP contribution in [0.15, 0.2) is 164 Å². The largest absolute Gasteiger partial charge is 0.309 e. The summed E-state index contributed by atoms with van der Waals surface area (Å²) in [5, 5.41) is 5.30. The van der Waals surface area contributed by atoms with E-state index < -0.39 is 0 Å². The molecule has 0 spiro atoms. The van der Waals surface area contributed by atoms with Gasteiger partial charge in [-0.1, -0.05) is 314 Å². The highest BCUT2D eigenvalue weighted by molar-refractivity contribution is 6.11. The third-order valence-corrected chi connectivity index (χ3v) is 23.6. The van der Waals surface area contributed by atoms with E-state index >= 15 is 0 Å². The molecule has 0 aliphatic heterocycles. The quantitative estimate of drug-likeness (QED) is 0.163. The first-order valence-electron chi connectivity index (χ1n) is 38.5. The van der Waals surface area contributed by atoms with Crippen LogP contribution >= 0.6 is 0 Å². The lowest BCUT2D eigenvalue weighted by molar-refractivity contribution is -0.113. The van der Waals surface area contributed by atoms with Gasteiger partial charge in [0.2, 0.25) is 0 Å². The van der Waals surface area contributed by atoms with Crippen molar-refractivity contribution < 1.29 is 0 Å². The Balaban J connectivity index is 0.000000141. The second-order valence-corrected chi connectivity index (χ2v) is 39.4. The highest BCUT2D eigenvalue weighted by Gasteiger charge is 2.55. The molecule has 0 radical (unpaired) electrons. The minimum Gasteiger partial charge on any atom is -0.309 e. The average molecular weight is 1300 g/mol. The van der Waals surface area contributed by atoms with Crippen LogP contribution in [0.4, 0.5) is 0 Å². The molecule has 6 aliphatic rings.